The Hall–Kier alpha value is -0.790. The van der Waals surface area contributed by atoms with Crippen LogP contribution in [0.5, 0.6) is 0 Å². The normalized spacial score (nSPS) is 16.9. The fourth-order valence-electron chi connectivity index (χ4n) is 3.03. The fourth-order valence-corrected chi connectivity index (χ4v) is 3.03. The maximum Gasteiger partial charge on any atom is 0.306 e. The average Bonchev–Trinajstić information content (AvgIpc) is 2.90. The lowest BCUT2D eigenvalue weighted by atomic mass is 9.86. The summed E-state index contributed by atoms with van der Waals surface area (Å²) >= 11 is 0. The van der Waals surface area contributed by atoms with Crippen molar-refractivity contribution in [2.24, 2.45) is 11.8 Å². The predicted molar refractivity (Wildman–Crippen MR) is 80.2 cm³/mol. The van der Waals surface area contributed by atoms with E-state index in [0.717, 1.165) is 25.7 Å². The van der Waals surface area contributed by atoms with Gasteiger partial charge < -0.3 is 5.11 Å². The first-order chi connectivity index (χ1) is 9.25. The average molecular weight is 266 g/mol. The number of unbranched alkanes of at least 4 members (excludes halogenated alkanes) is 7. The third-order valence-electron chi connectivity index (χ3n) is 4.30. The summed E-state index contributed by atoms with van der Waals surface area (Å²) in [6.45, 7) is 2.24. The molecule has 2 nitrogen and oxygen atoms in total. The first kappa shape index (κ1) is 16.3. The number of carboxylic acids is 1. The summed E-state index contributed by atoms with van der Waals surface area (Å²) in [5.41, 5.74) is 0. The lowest BCUT2D eigenvalue weighted by molar-refractivity contribution is -0.143. The van der Waals surface area contributed by atoms with Crippen LogP contribution in [0.3, 0.4) is 0 Å². The summed E-state index contributed by atoms with van der Waals surface area (Å²) in [7, 11) is 0. The number of aliphatic carboxylic acids is 1. The Bertz CT molecular complexity index is 262. The van der Waals surface area contributed by atoms with Crippen molar-refractivity contribution in [3.05, 3.63) is 12.2 Å². The Labute approximate surface area is 118 Å². The molecule has 0 heterocycles. The summed E-state index contributed by atoms with van der Waals surface area (Å²) < 4.78 is 0. The van der Waals surface area contributed by atoms with Crippen LogP contribution in [0.25, 0.3) is 0 Å². The molecule has 2 heteroatoms. The molecule has 0 amide bonds. The van der Waals surface area contributed by atoms with Gasteiger partial charge in [-0.15, -0.1) is 0 Å². The van der Waals surface area contributed by atoms with Crippen molar-refractivity contribution in [2.45, 2.75) is 77.6 Å². The molecule has 0 saturated carbocycles. The largest absolute Gasteiger partial charge is 0.481 e. The molecule has 1 unspecified atom stereocenters. The molecule has 1 atom stereocenters. The van der Waals surface area contributed by atoms with Gasteiger partial charge in [0, 0.05) is 0 Å². The van der Waals surface area contributed by atoms with E-state index in [1.807, 2.05) is 0 Å². The summed E-state index contributed by atoms with van der Waals surface area (Å²) in [6, 6.07) is 0. The Morgan fingerprint density at radius 1 is 1.05 bits per heavy atom. The third kappa shape index (κ3) is 6.79. The summed E-state index contributed by atoms with van der Waals surface area (Å²) in [4.78, 5) is 11.3. The Morgan fingerprint density at radius 3 is 2.11 bits per heavy atom. The minimum atomic E-state index is -0.586. The van der Waals surface area contributed by atoms with Crippen LogP contribution < -0.4 is 0 Å². The predicted octanol–water partition coefficient (Wildman–Crippen LogP) is 5.18. The monoisotopic (exact) mass is 266 g/mol. The van der Waals surface area contributed by atoms with Gasteiger partial charge >= 0.3 is 5.97 Å². The molecular weight excluding hydrogens is 236 g/mol. The van der Waals surface area contributed by atoms with Gasteiger partial charge in [0.15, 0.2) is 0 Å². The van der Waals surface area contributed by atoms with Crippen molar-refractivity contribution in [1.29, 1.82) is 0 Å². The number of carboxylic acid groups (broad SMARTS) is 1. The highest BCUT2D eigenvalue weighted by molar-refractivity contribution is 5.70. The zero-order valence-electron chi connectivity index (χ0n) is 12.4. The topological polar surface area (TPSA) is 37.3 Å². The maximum atomic E-state index is 11.3. The van der Waals surface area contributed by atoms with Gasteiger partial charge in [-0.1, -0.05) is 70.4 Å². The van der Waals surface area contributed by atoms with Crippen LogP contribution in [-0.4, -0.2) is 11.1 Å². The van der Waals surface area contributed by atoms with Crippen molar-refractivity contribution in [1.82, 2.24) is 0 Å². The Kier molecular flexibility index (Phi) is 8.61. The van der Waals surface area contributed by atoms with Crippen LogP contribution in [-0.2, 0) is 4.79 Å². The molecule has 0 aromatic carbocycles. The summed E-state index contributed by atoms with van der Waals surface area (Å²) in [6.07, 6.45) is 17.3. The molecule has 1 aliphatic carbocycles. The van der Waals surface area contributed by atoms with Gasteiger partial charge in [0.1, 0.15) is 0 Å². The van der Waals surface area contributed by atoms with E-state index in [4.69, 9.17) is 0 Å². The molecule has 0 aromatic heterocycles. The van der Waals surface area contributed by atoms with Crippen molar-refractivity contribution in [3.63, 3.8) is 0 Å². The fraction of sp³-hybridized carbons (Fsp3) is 0.824. The van der Waals surface area contributed by atoms with Crippen molar-refractivity contribution >= 4 is 5.97 Å². The van der Waals surface area contributed by atoms with Crippen LogP contribution in [0.15, 0.2) is 12.2 Å². The van der Waals surface area contributed by atoms with E-state index in [1.165, 1.54) is 44.9 Å². The molecule has 1 N–H and O–H groups in total. The highest BCUT2D eigenvalue weighted by Gasteiger charge is 2.27. The van der Waals surface area contributed by atoms with E-state index in [2.05, 4.69) is 19.1 Å². The molecule has 1 rings (SSSR count). The summed E-state index contributed by atoms with van der Waals surface area (Å²) in [5, 5.41) is 9.31. The molecular formula is C17H30O2. The van der Waals surface area contributed by atoms with E-state index < -0.39 is 5.97 Å². The quantitative estimate of drug-likeness (QED) is 0.413. The number of hydrogen-bond acceptors (Lipinski definition) is 1. The molecule has 0 radical (unpaired) electrons. The van der Waals surface area contributed by atoms with Gasteiger partial charge in [-0.05, 0) is 25.2 Å². The lowest BCUT2D eigenvalue weighted by Crippen LogP contribution is -2.21. The highest BCUT2D eigenvalue weighted by atomic mass is 16.4. The number of allylic oxidation sites excluding steroid dienone is 2. The zero-order valence-corrected chi connectivity index (χ0v) is 12.4. The molecule has 0 aromatic rings. The molecule has 19 heavy (non-hydrogen) atoms. The van der Waals surface area contributed by atoms with E-state index >= 15 is 0 Å². The van der Waals surface area contributed by atoms with Gasteiger partial charge in [0.25, 0.3) is 0 Å². The van der Waals surface area contributed by atoms with E-state index in [-0.39, 0.29) is 5.92 Å². The van der Waals surface area contributed by atoms with Gasteiger partial charge in [-0.3, -0.25) is 4.79 Å². The van der Waals surface area contributed by atoms with Gasteiger partial charge in [-0.25, -0.2) is 0 Å². The molecule has 1 aliphatic rings. The molecule has 0 fully saturated rings. The zero-order chi connectivity index (χ0) is 13.9. The third-order valence-corrected chi connectivity index (χ3v) is 4.30. The van der Waals surface area contributed by atoms with Crippen LogP contribution in [0.4, 0.5) is 0 Å². The van der Waals surface area contributed by atoms with Gasteiger partial charge in [-0.2, -0.15) is 0 Å². The standard InChI is InChI=1S/C17H30O2/c1-2-3-4-5-6-7-8-9-14-16(17(18)19)15-12-10-11-13-15/h10-11,15-16H,2-9,12-14H2,1H3,(H,18,19). The van der Waals surface area contributed by atoms with E-state index in [0.29, 0.717) is 5.92 Å². The van der Waals surface area contributed by atoms with Crippen molar-refractivity contribution in [3.8, 4) is 0 Å². The van der Waals surface area contributed by atoms with Crippen LogP contribution in [0.1, 0.15) is 77.6 Å². The SMILES string of the molecule is CCCCCCCCCCC(C(=O)O)C1CC=CC1. The first-order valence-electron chi connectivity index (χ1n) is 8.13. The molecule has 0 bridgehead atoms. The molecule has 0 spiro atoms. The van der Waals surface area contributed by atoms with E-state index in [9.17, 15) is 9.90 Å². The smallest absolute Gasteiger partial charge is 0.306 e. The molecule has 0 saturated heterocycles. The van der Waals surface area contributed by atoms with E-state index in [1.54, 1.807) is 0 Å². The second kappa shape index (κ2) is 10.1. The Morgan fingerprint density at radius 2 is 1.58 bits per heavy atom. The first-order valence-corrected chi connectivity index (χ1v) is 8.13. The van der Waals surface area contributed by atoms with Gasteiger partial charge in [0.05, 0.1) is 5.92 Å². The second-order valence-corrected chi connectivity index (χ2v) is 5.91. The van der Waals surface area contributed by atoms with Crippen LogP contribution in [0.2, 0.25) is 0 Å². The minimum Gasteiger partial charge on any atom is -0.481 e. The minimum absolute atomic E-state index is 0.116. The maximum absolute atomic E-state index is 11.3. The molecule has 0 aliphatic heterocycles. The number of hydrogen-bond donors (Lipinski definition) is 1. The van der Waals surface area contributed by atoms with Crippen molar-refractivity contribution in [2.75, 3.05) is 0 Å². The number of rotatable bonds is 11. The van der Waals surface area contributed by atoms with Crippen LogP contribution in [0, 0.1) is 11.8 Å². The highest BCUT2D eigenvalue weighted by Crippen LogP contribution is 2.30. The Balaban J connectivity index is 2.04. The second-order valence-electron chi connectivity index (χ2n) is 5.91. The van der Waals surface area contributed by atoms with Crippen molar-refractivity contribution < 1.29 is 9.90 Å². The van der Waals surface area contributed by atoms with Crippen LogP contribution >= 0.6 is 0 Å². The molecule has 110 valence electrons. The summed E-state index contributed by atoms with van der Waals surface area (Å²) in [5.74, 6) is -0.339. The van der Waals surface area contributed by atoms with Gasteiger partial charge in [0.2, 0.25) is 0 Å². The number of carbonyl (C=O) groups is 1. The lowest BCUT2D eigenvalue weighted by Gasteiger charge is -2.18.